The van der Waals surface area contributed by atoms with Crippen LogP contribution in [0.4, 0.5) is 22.0 Å². The van der Waals surface area contributed by atoms with Gasteiger partial charge < -0.3 is 64.4 Å². The van der Waals surface area contributed by atoms with Crippen LogP contribution in [0.5, 0.6) is 0 Å². The molecule has 3 aliphatic heterocycles. The predicted octanol–water partition coefficient (Wildman–Crippen LogP) is 5.86. The molecule has 25 nitrogen and oxygen atoms in total. The molecule has 30 heteroatoms. The van der Waals surface area contributed by atoms with Gasteiger partial charge in [0.1, 0.15) is 53.9 Å². The van der Waals surface area contributed by atoms with Crippen molar-refractivity contribution < 1.29 is 84.2 Å². The molecule has 0 radical (unpaired) electrons. The Morgan fingerprint density at radius 2 is 1.31 bits per heavy atom. The van der Waals surface area contributed by atoms with E-state index in [2.05, 4.69) is 10.6 Å². The molecule has 586 valence electrons. The summed E-state index contributed by atoms with van der Waals surface area (Å²) in [5, 5.41) is 5.69. The molecule has 7 rings (SSSR count). The number of hydrogen-bond acceptors (Lipinski definition) is 13. The number of halogens is 5. The third-order valence-corrected chi connectivity index (χ3v) is 24.1. The fourth-order valence-electron chi connectivity index (χ4n) is 17.0. The lowest BCUT2D eigenvalue weighted by molar-refractivity contribution is -0.215. The van der Waals surface area contributed by atoms with Crippen molar-refractivity contribution in [2.45, 2.75) is 254 Å². The minimum absolute atomic E-state index is 0.00609. The first-order chi connectivity index (χ1) is 48.8. The molecule has 6 fully saturated rings. The summed E-state index contributed by atoms with van der Waals surface area (Å²) in [4.78, 5) is 193. The average Bonchev–Trinajstić information content (AvgIpc) is 0.973. The van der Waals surface area contributed by atoms with Crippen LogP contribution in [-0.4, -0.2) is 289 Å². The molecule has 0 aromatic rings. The van der Waals surface area contributed by atoms with E-state index < -0.39 is 205 Å². The molecule has 2 N–H and O–H groups in total. The highest BCUT2D eigenvalue weighted by atomic mass is 19.4. The first-order valence-corrected chi connectivity index (χ1v) is 37.7. The van der Waals surface area contributed by atoms with E-state index in [9.17, 15) is 50.7 Å². The van der Waals surface area contributed by atoms with Crippen LogP contribution in [0.1, 0.15) is 182 Å². The van der Waals surface area contributed by atoms with Crippen LogP contribution in [-0.2, 0) is 62.3 Å². The number of nitrogens with one attached hydrogen (secondary N) is 2. The Morgan fingerprint density at radius 1 is 0.663 bits per heavy atom. The lowest BCUT2D eigenvalue weighted by atomic mass is 9.73. The smallest absolute Gasteiger partial charge is 0.381 e. The molecule has 4 saturated carbocycles. The van der Waals surface area contributed by atoms with Crippen molar-refractivity contribution in [2.75, 3.05) is 96.7 Å². The van der Waals surface area contributed by atoms with E-state index in [1.165, 1.54) is 110 Å². The lowest BCUT2D eigenvalue weighted by Gasteiger charge is -2.51. The monoisotopic (exact) mass is 1480 g/mol. The summed E-state index contributed by atoms with van der Waals surface area (Å²) in [5.74, 6) is -15.1. The van der Waals surface area contributed by atoms with Crippen LogP contribution < -0.4 is 10.6 Å². The van der Waals surface area contributed by atoms with Crippen LogP contribution in [0.15, 0.2) is 12.2 Å². The van der Waals surface area contributed by atoms with Gasteiger partial charge in [-0.15, -0.1) is 0 Å². The first kappa shape index (κ1) is 84.3. The number of carbonyl (C=O) groups excluding carboxylic acids is 12. The molecule has 3 unspecified atom stereocenters. The van der Waals surface area contributed by atoms with Crippen molar-refractivity contribution in [3.05, 3.63) is 12.2 Å². The largest absolute Gasteiger partial charge is 0.394 e. The van der Waals surface area contributed by atoms with Gasteiger partial charge in [0.15, 0.2) is 0 Å². The molecule has 12 amide bonds. The Morgan fingerprint density at radius 3 is 1.89 bits per heavy atom. The molecular formula is C74H117F5N12O13. The van der Waals surface area contributed by atoms with E-state index in [-0.39, 0.29) is 109 Å². The highest BCUT2D eigenvalue weighted by Crippen LogP contribution is 2.45. The van der Waals surface area contributed by atoms with Crippen LogP contribution in [0.3, 0.4) is 0 Å². The van der Waals surface area contributed by atoms with Crippen molar-refractivity contribution in [1.29, 1.82) is 0 Å². The maximum absolute atomic E-state index is 15.7. The highest BCUT2D eigenvalue weighted by Gasteiger charge is 2.57. The number of nitrogens with zero attached hydrogens (tertiary/aromatic N) is 10. The molecular weight excluding hydrogens is 1360 g/mol. The van der Waals surface area contributed by atoms with Gasteiger partial charge in [-0.1, -0.05) is 65.5 Å². The van der Waals surface area contributed by atoms with Gasteiger partial charge in [-0.2, -0.15) is 13.2 Å². The first-order valence-electron chi connectivity index (χ1n) is 37.7. The van der Waals surface area contributed by atoms with Crippen LogP contribution >= 0.6 is 0 Å². The minimum atomic E-state index is -4.54. The molecule has 7 aliphatic rings. The second-order valence-electron chi connectivity index (χ2n) is 31.4. The van der Waals surface area contributed by atoms with Crippen LogP contribution in [0, 0.1) is 35.5 Å². The predicted molar refractivity (Wildman–Crippen MR) is 376 cm³/mol. The SMILES string of the molecule is CCC[C@H]1C(=O)N[C@@H]([C@@H](C)CC)C(=O)N(C)CC(=O)N(C)[C@H]2C/C=C\CCN(C2=O)[C@@H](CC2CCC(F)(F)CC2)C(=O)N(C)CC(=O)N[C@@H](CCC2CCC(C(F)(F)F)C(OC)C2)C(=O)N2C[C@@H](C)C[C@H]2C(=O)N(C)C2(CCC2)C(=O)N(C)[C@@H](C2CCCC2)C(=O)N(C)[C@H](C(=O)N(C)C)CC(=O)N1C. The maximum Gasteiger partial charge on any atom is 0.394 e. The topological polar surface area (TPSA) is 271 Å². The third kappa shape index (κ3) is 19.6. The zero-order valence-corrected chi connectivity index (χ0v) is 63.8. The number of fused-ring (bicyclic) bond motifs is 3. The molecule has 0 aromatic carbocycles. The third-order valence-electron chi connectivity index (χ3n) is 24.1. The number of methoxy groups -OCH3 is 1. The summed E-state index contributed by atoms with van der Waals surface area (Å²) in [6.45, 7) is 5.80. The van der Waals surface area contributed by atoms with Crippen LogP contribution in [0.25, 0.3) is 0 Å². The van der Waals surface area contributed by atoms with Gasteiger partial charge in [0.25, 0.3) is 0 Å². The number of amides is 12. The van der Waals surface area contributed by atoms with E-state index in [1.54, 1.807) is 32.9 Å². The van der Waals surface area contributed by atoms with Gasteiger partial charge in [-0.3, -0.25) is 57.5 Å². The van der Waals surface area contributed by atoms with Gasteiger partial charge >= 0.3 is 6.18 Å². The minimum Gasteiger partial charge on any atom is -0.381 e. The fraction of sp³-hybridized carbons (Fsp3) is 0.811. The number of ether oxygens (including phenoxy) is 1. The summed E-state index contributed by atoms with van der Waals surface area (Å²) >= 11 is 0. The lowest BCUT2D eigenvalue weighted by Crippen LogP contribution is -2.68. The van der Waals surface area contributed by atoms with Crippen molar-refractivity contribution in [3.8, 4) is 0 Å². The number of likely N-dealkylation sites (N-methyl/N-ethyl adjacent to an activating group) is 8. The zero-order chi connectivity index (χ0) is 77.2. The highest BCUT2D eigenvalue weighted by molar-refractivity contribution is 6.01. The summed E-state index contributed by atoms with van der Waals surface area (Å²) in [6.07, 6.45) is 0.542. The van der Waals surface area contributed by atoms with Gasteiger partial charge in [0.2, 0.25) is 76.8 Å². The summed E-state index contributed by atoms with van der Waals surface area (Å²) in [5.41, 5.74) is -1.53. The zero-order valence-electron chi connectivity index (χ0n) is 63.8. The van der Waals surface area contributed by atoms with Crippen molar-refractivity contribution in [3.63, 3.8) is 0 Å². The maximum atomic E-state index is 15.7. The number of hydrogen-bond donors (Lipinski definition) is 2. The van der Waals surface area contributed by atoms with Crippen LogP contribution in [0.2, 0.25) is 0 Å². The Balaban J connectivity index is 1.31. The Bertz CT molecular complexity index is 3120. The number of rotatable bonds is 12. The Labute approximate surface area is 610 Å². The molecule has 3 heterocycles. The normalized spacial score (nSPS) is 31.2. The fourth-order valence-corrected chi connectivity index (χ4v) is 17.0. The Hall–Kier alpha value is -7.01. The van der Waals surface area contributed by atoms with Gasteiger partial charge in [0, 0.05) is 96.5 Å². The molecule has 1 spiro atoms. The van der Waals surface area contributed by atoms with E-state index in [0.717, 1.165) is 22.6 Å². The van der Waals surface area contributed by atoms with Gasteiger partial charge in [-0.05, 0) is 139 Å². The van der Waals surface area contributed by atoms with E-state index >= 15 is 28.8 Å². The summed E-state index contributed by atoms with van der Waals surface area (Å²) in [7, 11) is 14.0. The van der Waals surface area contributed by atoms with Gasteiger partial charge in [-0.25, -0.2) is 8.78 Å². The summed E-state index contributed by atoms with van der Waals surface area (Å²) < 4.78 is 77.8. The Kier molecular flexibility index (Phi) is 29.2. The second-order valence-corrected chi connectivity index (χ2v) is 31.4. The molecule has 104 heavy (non-hydrogen) atoms. The molecule has 0 aromatic heterocycles. The number of carbonyl (C=O) groups is 12. The van der Waals surface area contributed by atoms with E-state index in [1.807, 2.05) is 6.92 Å². The standard InChI is InChI=1S/C74H117F5N12O13/c1-15-23-52-63(95)81-61(46(4)16-2)69(101)84(8)44-60(94)86(10)53-26-18-17-21-37-90(68(53)100)56(39-48-31-35-73(75,76)36-32-48)66(98)83(7)43-58(92)80-51(30-28-47-27-29-50(74(77,78)79)57(40-47)104-14)64(96)91-42-45(3)38-55(91)67(99)89(13)72(33-22-34-72)71(103)88(12)62(49-24-19-20-25-49)70(102)87(11)54(65(97)82(5)6)41-59(93)85(52)9/h17-18,45-57,61-62H,15-16,19-44H2,1-14H3,(H,80,92)(H,81,95)/b18-17-/t45-,46-,47?,50?,51-,52-,53-,54-,55-,56-,57?,61-,62-/m0/s1. The molecule has 13 atom stereocenters. The molecule has 4 aliphatic carbocycles. The number of alkyl halides is 5. The van der Waals surface area contributed by atoms with Crippen molar-refractivity contribution >= 4 is 70.9 Å². The van der Waals surface area contributed by atoms with Gasteiger partial charge in [0.05, 0.1) is 31.5 Å². The molecule has 2 bridgehead atoms. The second kappa shape index (κ2) is 36.1. The van der Waals surface area contributed by atoms with Crippen molar-refractivity contribution in [1.82, 2.24) is 59.6 Å². The average molecular weight is 1480 g/mol. The van der Waals surface area contributed by atoms with Crippen molar-refractivity contribution in [2.24, 2.45) is 35.5 Å². The summed E-state index contributed by atoms with van der Waals surface area (Å²) in [6, 6.07) is -10.4. The molecule has 2 saturated heterocycles. The van der Waals surface area contributed by atoms with E-state index in [4.69, 9.17) is 4.74 Å². The quantitative estimate of drug-likeness (QED) is 0.171. The van der Waals surface area contributed by atoms with E-state index in [0.29, 0.717) is 32.1 Å².